The summed E-state index contributed by atoms with van der Waals surface area (Å²) >= 11 is 3.22. The number of ether oxygens (including phenoxy) is 1. The van der Waals surface area contributed by atoms with E-state index in [-0.39, 0.29) is 11.9 Å². The number of amides is 1. The Morgan fingerprint density at radius 3 is 2.21 bits per heavy atom. The lowest BCUT2D eigenvalue weighted by Gasteiger charge is -2.14. The van der Waals surface area contributed by atoms with E-state index in [0.717, 1.165) is 0 Å². The van der Waals surface area contributed by atoms with Crippen molar-refractivity contribution in [1.82, 2.24) is 0 Å². The first-order valence-corrected chi connectivity index (χ1v) is 6.47. The van der Waals surface area contributed by atoms with Crippen molar-refractivity contribution in [3.8, 4) is 5.75 Å². The lowest BCUT2D eigenvalue weighted by atomic mass is 10.2. The van der Waals surface area contributed by atoms with Crippen LogP contribution in [-0.4, -0.2) is 16.2 Å². The molecule has 0 saturated carbocycles. The zero-order valence-electron chi connectivity index (χ0n) is 11.1. The van der Waals surface area contributed by atoms with Gasteiger partial charge in [0.25, 0.3) is 5.91 Å². The van der Waals surface area contributed by atoms with E-state index in [0.29, 0.717) is 17.0 Å². The molecule has 0 atom stereocenters. The topological polar surface area (TPSA) is 55.4 Å². The SMILES string of the molecule is C=C(C)C(=O)Nc1ccc(OC(=O)C(C)(C)Br)cc1. The van der Waals surface area contributed by atoms with Crippen LogP contribution in [-0.2, 0) is 9.59 Å². The van der Waals surface area contributed by atoms with Crippen LogP contribution in [0.3, 0.4) is 0 Å². The van der Waals surface area contributed by atoms with Gasteiger partial charge in [0.1, 0.15) is 10.1 Å². The third-order valence-electron chi connectivity index (χ3n) is 2.20. The second-order valence-corrected chi connectivity index (χ2v) is 6.60. The highest BCUT2D eigenvalue weighted by Gasteiger charge is 2.25. The van der Waals surface area contributed by atoms with Gasteiger partial charge in [-0.2, -0.15) is 0 Å². The van der Waals surface area contributed by atoms with Crippen molar-refractivity contribution in [2.75, 3.05) is 5.32 Å². The van der Waals surface area contributed by atoms with Crippen LogP contribution in [0.5, 0.6) is 5.75 Å². The summed E-state index contributed by atoms with van der Waals surface area (Å²) in [5.41, 5.74) is 1.04. The van der Waals surface area contributed by atoms with E-state index in [1.54, 1.807) is 45.0 Å². The molecule has 0 radical (unpaired) electrons. The smallest absolute Gasteiger partial charge is 0.327 e. The zero-order chi connectivity index (χ0) is 14.6. The van der Waals surface area contributed by atoms with Gasteiger partial charge in [0.2, 0.25) is 0 Å². The van der Waals surface area contributed by atoms with Crippen molar-refractivity contribution < 1.29 is 14.3 Å². The Labute approximate surface area is 121 Å². The van der Waals surface area contributed by atoms with E-state index >= 15 is 0 Å². The largest absolute Gasteiger partial charge is 0.426 e. The minimum atomic E-state index is -0.736. The Morgan fingerprint density at radius 2 is 1.79 bits per heavy atom. The number of hydrogen-bond donors (Lipinski definition) is 1. The van der Waals surface area contributed by atoms with E-state index in [1.165, 1.54) is 0 Å². The minimum Gasteiger partial charge on any atom is -0.426 e. The fourth-order valence-electron chi connectivity index (χ4n) is 1.07. The minimum absolute atomic E-state index is 0.244. The third kappa shape index (κ3) is 4.87. The van der Waals surface area contributed by atoms with Gasteiger partial charge in [-0.25, -0.2) is 0 Å². The molecule has 0 unspecified atom stereocenters. The maximum atomic E-state index is 11.6. The summed E-state index contributed by atoms with van der Waals surface area (Å²) in [5, 5.41) is 2.66. The van der Waals surface area contributed by atoms with Crippen molar-refractivity contribution in [3.63, 3.8) is 0 Å². The number of benzene rings is 1. The number of anilines is 1. The Balaban J connectivity index is 2.70. The number of carbonyl (C=O) groups excluding carboxylic acids is 2. The highest BCUT2D eigenvalue weighted by atomic mass is 79.9. The molecule has 19 heavy (non-hydrogen) atoms. The number of esters is 1. The van der Waals surface area contributed by atoms with Crippen molar-refractivity contribution in [1.29, 1.82) is 0 Å². The van der Waals surface area contributed by atoms with Gasteiger partial charge in [0, 0.05) is 11.3 Å². The quantitative estimate of drug-likeness (QED) is 0.400. The molecule has 1 N–H and O–H groups in total. The number of alkyl halides is 1. The van der Waals surface area contributed by atoms with E-state index in [2.05, 4.69) is 27.8 Å². The van der Waals surface area contributed by atoms with E-state index < -0.39 is 4.32 Å². The summed E-state index contributed by atoms with van der Waals surface area (Å²) in [5.74, 6) is -0.205. The second kappa shape index (κ2) is 6.02. The Hall–Kier alpha value is -1.62. The van der Waals surface area contributed by atoms with Gasteiger partial charge >= 0.3 is 5.97 Å². The van der Waals surface area contributed by atoms with E-state index in [4.69, 9.17) is 4.74 Å². The molecule has 0 aliphatic rings. The van der Waals surface area contributed by atoms with Crippen LogP contribution in [0.1, 0.15) is 20.8 Å². The molecule has 4 nitrogen and oxygen atoms in total. The number of hydrogen-bond acceptors (Lipinski definition) is 3. The summed E-state index contributed by atoms with van der Waals surface area (Å²) in [6, 6.07) is 6.55. The maximum Gasteiger partial charge on any atom is 0.327 e. The molecule has 1 amide bonds. The van der Waals surface area contributed by atoms with Gasteiger partial charge in [-0.15, -0.1) is 0 Å². The molecular formula is C14H16BrNO3. The molecule has 102 valence electrons. The highest BCUT2D eigenvalue weighted by molar-refractivity contribution is 9.10. The fraction of sp³-hybridized carbons (Fsp3) is 0.286. The molecule has 5 heteroatoms. The molecule has 0 aliphatic heterocycles. The standard InChI is InChI=1S/C14H16BrNO3/c1-9(2)12(17)16-10-5-7-11(8-6-10)19-13(18)14(3,4)15/h5-8H,1H2,2-4H3,(H,16,17). The van der Waals surface area contributed by atoms with Gasteiger partial charge in [-0.3, -0.25) is 9.59 Å². The van der Waals surface area contributed by atoms with E-state index in [9.17, 15) is 9.59 Å². The summed E-state index contributed by atoms with van der Waals surface area (Å²) < 4.78 is 4.43. The van der Waals surface area contributed by atoms with Gasteiger partial charge in [-0.05, 0) is 45.0 Å². The molecule has 1 aromatic carbocycles. The third-order valence-corrected chi connectivity index (χ3v) is 2.52. The van der Waals surface area contributed by atoms with E-state index in [1.807, 2.05) is 0 Å². The number of nitrogens with one attached hydrogen (secondary N) is 1. The lowest BCUT2D eigenvalue weighted by Crippen LogP contribution is -2.29. The molecule has 1 rings (SSSR count). The molecule has 0 aliphatic carbocycles. The maximum absolute atomic E-state index is 11.6. The Morgan fingerprint density at radius 1 is 1.26 bits per heavy atom. The lowest BCUT2D eigenvalue weighted by molar-refractivity contribution is -0.136. The van der Waals surface area contributed by atoms with Crippen LogP contribution in [0, 0.1) is 0 Å². The second-order valence-electron chi connectivity index (χ2n) is 4.62. The molecule has 0 fully saturated rings. The van der Waals surface area contributed by atoms with Crippen LogP contribution >= 0.6 is 15.9 Å². The fourth-order valence-corrected chi connectivity index (χ4v) is 1.15. The highest BCUT2D eigenvalue weighted by Crippen LogP contribution is 2.22. The normalized spacial score (nSPS) is 10.7. The number of halogens is 1. The van der Waals surface area contributed by atoms with Gasteiger partial charge in [0.15, 0.2) is 0 Å². The van der Waals surface area contributed by atoms with Gasteiger partial charge in [0.05, 0.1) is 0 Å². The Kier molecular flexibility index (Phi) is 4.89. The van der Waals surface area contributed by atoms with Crippen molar-refractivity contribution in [3.05, 3.63) is 36.4 Å². The van der Waals surface area contributed by atoms with Crippen LogP contribution in [0.2, 0.25) is 0 Å². The number of rotatable bonds is 4. The number of carbonyl (C=O) groups is 2. The van der Waals surface area contributed by atoms with Crippen molar-refractivity contribution in [2.45, 2.75) is 25.1 Å². The van der Waals surface area contributed by atoms with Crippen LogP contribution in [0.4, 0.5) is 5.69 Å². The van der Waals surface area contributed by atoms with Crippen molar-refractivity contribution >= 4 is 33.5 Å². The van der Waals surface area contributed by atoms with Crippen LogP contribution in [0.25, 0.3) is 0 Å². The Bertz CT molecular complexity index is 500. The molecular weight excluding hydrogens is 310 g/mol. The molecule has 0 aromatic heterocycles. The molecule has 1 aromatic rings. The summed E-state index contributed by atoms with van der Waals surface area (Å²) in [4.78, 5) is 23.0. The van der Waals surface area contributed by atoms with Crippen molar-refractivity contribution in [2.24, 2.45) is 0 Å². The van der Waals surface area contributed by atoms with Gasteiger partial charge in [-0.1, -0.05) is 22.5 Å². The molecule has 0 spiro atoms. The van der Waals surface area contributed by atoms with Crippen LogP contribution in [0.15, 0.2) is 36.4 Å². The molecule has 0 saturated heterocycles. The molecule has 0 heterocycles. The average Bonchev–Trinajstić information content (AvgIpc) is 2.30. The average molecular weight is 326 g/mol. The predicted molar refractivity (Wildman–Crippen MR) is 78.5 cm³/mol. The molecule has 0 bridgehead atoms. The zero-order valence-corrected chi connectivity index (χ0v) is 12.7. The van der Waals surface area contributed by atoms with Crippen LogP contribution < -0.4 is 10.1 Å². The first-order chi connectivity index (χ1) is 8.70. The monoisotopic (exact) mass is 325 g/mol. The predicted octanol–water partition coefficient (Wildman–Crippen LogP) is 3.28. The van der Waals surface area contributed by atoms with Gasteiger partial charge < -0.3 is 10.1 Å². The first kappa shape index (κ1) is 15.4. The summed E-state index contributed by atoms with van der Waals surface area (Å²) in [6.45, 7) is 8.59. The first-order valence-electron chi connectivity index (χ1n) is 5.68. The summed E-state index contributed by atoms with van der Waals surface area (Å²) in [7, 11) is 0. The summed E-state index contributed by atoms with van der Waals surface area (Å²) in [6.07, 6.45) is 0.